The van der Waals surface area contributed by atoms with E-state index in [-0.39, 0.29) is 12.2 Å². The number of carbonyl (C=O) groups excluding carboxylic acids is 2. The average molecular weight is 399 g/mol. The fraction of sp³-hybridized carbons (Fsp3) is 0.0476. The maximum Gasteiger partial charge on any atom is 0.262 e. The number of hydrogen-bond donors (Lipinski definition) is 2. The lowest BCUT2D eigenvalue weighted by Gasteiger charge is -2.12. The van der Waals surface area contributed by atoms with Crippen LogP contribution in [-0.4, -0.2) is 18.4 Å². The highest BCUT2D eigenvalue weighted by molar-refractivity contribution is 6.32. The molecule has 0 heterocycles. The van der Waals surface area contributed by atoms with E-state index >= 15 is 0 Å². The van der Waals surface area contributed by atoms with Crippen molar-refractivity contribution < 1.29 is 18.7 Å². The number of hydrogen-bond acceptors (Lipinski definition) is 3. The largest absolute Gasteiger partial charge is 0.482 e. The molecule has 0 saturated carbocycles. The number of anilines is 2. The molecule has 7 heteroatoms. The van der Waals surface area contributed by atoms with Crippen molar-refractivity contribution in [3.05, 3.63) is 89.2 Å². The molecule has 0 aliphatic rings. The highest BCUT2D eigenvalue weighted by Crippen LogP contribution is 2.23. The van der Waals surface area contributed by atoms with E-state index in [1.54, 1.807) is 48.5 Å². The van der Waals surface area contributed by atoms with Gasteiger partial charge in [-0.15, -0.1) is 0 Å². The van der Waals surface area contributed by atoms with Crippen LogP contribution in [0.5, 0.6) is 5.75 Å². The topological polar surface area (TPSA) is 67.4 Å². The summed E-state index contributed by atoms with van der Waals surface area (Å²) in [6.45, 7) is -0.266. The van der Waals surface area contributed by atoms with E-state index in [1.165, 1.54) is 24.3 Å². The van der Waals surface area contributed by atoms with Crippen LogP contribution in [0.2, 0.25) is 5.02 Å². The standard InChI is InChI=1S/C21H16ClFN2O3/c22-17-6-2-4-8-19(17)28-13-20(26)25-18-7-3-1-5-16(18)21(27)24-15-11-9-14(23)10-12-15/h1-12H,13H2,(H,24,27)(H,25,26). The zero-order valence-electron chi connectivity index (χ0n) is 14.6. The molecule has 2 amide bonds. The van der Waals surface area contributed by atoms with E-state index < -0.39 is 17.6 Å². The van der Waals surface area contributed by atoms with Crippen LogP contribution in [0.15, 0.2) is 72.8 Å². The van der Waals surface area contributed by atoms with Crippen molar-refractivity contribution in [1.29, 1.82) is 0 Å². The Labute approximate surface area is 166 Å². The first-order valence-electron chi connectivity index (χ1n) is 8.36. The molecule has 0 spiro atoms. The van der Waals surface area contributed by atoms with Gasteiger partial charge < -0.3 is 15.4 Å². The number of rotatable bonds is 6. The normalized spacial score (nSPS) is 10.2. The van der Waals surface area contributed by atoms with Crippen LogP contribution < -0.4 is 15.4 Å². The molecule has 2 N–H and O–H groups in total. The Bertz CT molecular complexity index is 993. The van der Waals surface area contributed by atoms with Crippen LogP contribution in [-0.2, 0) is 4.79 Å². The van der Waals surface area contributed by atoms with Gasteiger partial charge in [-0.25, -0.2) is 4.39 Å². The molecule has 0 aliphatic heterocycles. The Morgan fingerprint density at radius 3 is 2.32 bits per heavy atom. The summed E-state index contributed by atoms with van der Waals surface area (Å²) in [5, 5.41) is 5.70. The van der Waals surface area contributed by atoms with Gasteiger partial charge in [-0.05, 0) is 48.5 Å². The smallest absolute Gasteiger partial charge is 0.262 e. The first kappa shape index (κ1) is 19.4. The SMILES string of the molecule is O=C(COc1ccccc1Cl)Nc1ccccc1C(=O)Nc1ccc(F)cc1. The Morgan fingerprint density at radius 1 is 0.893 bits per heavy atom. The van der Waals surface area contributed by atoms with Crippen molar-refractivity contribution in [2.75, 3.05) is 17.2 Å². The van der Waals surface area contributed by atoms with Gasteiger partial charge in [0.25, 0.3) is 11.8 Å². The van der Waals surface area contributed by atoms with Crippen LogP contribution in [0, 0.1) is 5.82 Å². The summed E-state index contributed by atoms with van der Waals surface area (Å²) < 4.78 is 18.4. The van der Waals surface area contributed by atoms with Crippen molar-refractivity contribution in [1.82, 2.24) is 0 Å². The monoisotopic (exact) mass is 398 g/mol. The van der Waals surface area contributed by atoms with Gasteiger partial charge in [0.15, 0.2) is 6.61 Å². The fourth-order valence-corrected chi connectivity index (χ4v) is 2.60. The maximum atomic E-state index is 13.0. The molecule has 28 heavy (non-hydrogen) atoms. The van der Waals surface area contributed by atoms with Crippen LogP contribution >= 0.6 is 11.6 Å². The minimum Gasteiger partial charge on any atom is -0.482 e. The number of benzene rings is 3. The van der Waals surface area contributed by atoms with Crippen molar-refractivity contribution in [3.8, 4) is 5.75 Å². The number of carbonyl (C=O) groups is 2. The lowest BCUT2D eigenvalue weighted by molar-refractivity contribution is -0.118. The third-order valence-electron chi connectivity index (χ3n) is 3.74. The molecule has 0 unspecified atom stereocenters. The van der Waals surface area contributed by atoms with Crippen molar-refractivity contribution >= 4 is 34.8 Å². The third-order valence-corrected chi connectivity index (χ3v) is 4.06. The summed E-state index contributed by atoms with van der Waals surface area (Å²) in [4.78, 5) is 24.7. The van der Waals surface area contributed by atoms with Crippen LogP contribution in [0.1, 0.15) is 10.4 Å². The summed E-state index contributed by atoms with van der Waals surface area (Å²) in [5.41, 5.74) is 1.03. The lowest BCUT2D eigenvalue weighted by atomic mass is 10.1. The van der Waals surface area contributed by atoms with Gasteiger partial charge in [0.2, 0.25) is 0 Å². The molecule has 5 nitrogen and oxygen atoms in total. The number of nitrogens with one attached hydrogen (secondary N) is 2. The Hall–Kier alpha value is -3.38. The zero-order valence-corrected chi connectivity index (χ0v) is 15.4. The first-order valence-corrected chi connectivity index (χ1v) is 8.74. The molecular formula is C21H16ClFN2O3. The summed E-state index contributed by atoms with van der Waals surface area (Å²) in [6, 6.07) is 18.7. The van der Waals surface area contributed by atoms with Gasteiger partial charge in [0.05, 0.1) is 16.3 Å². The molecule has 0 aliphatic carbocycles. The minimum absolute atomic E-state index is 0.262. The van der Waals surface area contributed by atoms with E-state index in [9.17, 15) is 14.0 Å². The van der Waals surface area contributed by atoms with Crippen molar-refractivity contribution in [2.24, 2.45) is 0 Å². The summed E-state index contributed by atoms with van der Waals surface area (Å²) in [6.07, 6.45) is 0. The third kappa shape index (κ3) is 5.08. The van der Waals surface area contributed by atoms with Crippen LogP contribution in [0.25, 0.3) is 0 Å². The molecule has 142 valence electrons. The minimum atomic E-state index is -0.443. The van der Waals surface area contributed by atoms with Crippen LogP contribution in [0.4, 0.5) is 15.8 Å². The van der Waals surface area contributed by atoms with E-state index in [4.69, 9.17) is 16.3 Å². The molecule has 0 radical (unpaired) electrons. The fourth-order valence-electron chi connectivity index (χ4n) is 2.41. The van der Waals surface area contributed by atoms with E-state index in [0.717, 1.165) is 0 Å². The zero-order chi connectivity index (χ0) is 19.9. The number of halogens is 2. The number of amides is 2. The van der Waals surface area contributed by atoms with Crippen LogP contribution in [0.3, 0.4) is 0 Å². The van der Waals surface area contributed by atoms with Crippen molar-refractivity contribution in [3.63, 3.8) is 0 Å². The predicted octanol–water partition coefficient (Wildman–Crippen LogP) is 4.75. The number of para-hydroxylation sites is 2. The van der Waals surface area contributed by atoms with E-state index in [1.807, 2.05) is 0 Å². The Kier molecular flexibility index (Phi) is 6.24. The second kappa shape index (κ2) is 9.01. The maximum absolute atomic E-state index is 13.0. The second-order valence-electron chi connectivity index (χ2n) is 5.77. The summed E-state index contributed by atoms with van der Waals surface area (Å²) >= 11 is 5.99. The Morgan fingerprint density at radius 2 is 1.57 bits per heavy atom. The average Bonchev–Trinajstić information content (AvgIpc) is 2.69. The molecule has 3 rings (SSSR count). The molecule has 0 saturated heterocycles. The molecule has 0 atom stereocenters. The van der Waals surface area contributed by atoms with Gasteiger partial charge in [-0.3, -0.25) is 9.59 Å². The lowest BCUT2D eigenvalue weighted by Crippen LogP contribution is -2.22. The van der Waals surface area contributed by atoms with Gasteiger partial charge >= 0.3 is 0 Å². The molecule has 3 aromatic carbocycles. The quantitative estimate of drug-likeness (QED) is 0.629. The van der Waals surface area contributed by atoms with Gasteiger partial charge in [0.1, 0.15) is 11.6 Å². The number of ether oxygens (including phenoxy) is 1. The van der Waals surface area contributed by atoms with Gasteiger partial charge in [-0.1, -0.05) is 35.9 Å². The highest BCUT2D eigenvalue weighted by Gasteiger charge is 2.14. The highest BCUT2D eigenvalue weighted by atomic mass is 35.5. The molecule has 0 fully saturated rings. The van der Waals surface area contributed by atoms with E-state index in [2.05, 4.69) is 10.6 Å². The Balaban J connectivity index is 1.66. The molecule has 0 aromatic heterocycles. The second-order valence-corrected chi connectivity index (χ2v) is 6.18. The van der Waals surface area contributed by atoms with E-state index in [0.29, 0.717) is 22.1 Å². The van der Waals surface area contributed by atoms with Gasteiger partial charge in [0, 0.05) is 5.69 Å². The molecule has 0 bridgehead atoms. The molecular weight excluding hydrogens is 383 g/mol. The first-order chi connectivity index (χ1) is 13.5. The summed E-state index contributed by atoms with van der Waals surface area (Å²) in [5.74, 6) is -0.887. The van der Waals surface area contributed by atoms with Crippen molar-refractivity contribution in [2.45, 2.75) is 0 Å². The van der Waals surface area contributed by atoms with Gasteiger partial charge in [-0.2, -0.15) is 0 Å². The molecule has 3 aromatic rings. The predicted molar refractivity (Wildman–Crippen MR) is 106 cm³/mol. The summed E-state index contributed by atoms with van der Waals surface area (Å²) in [7, 11) is 0.